The molecule has 0 aliphatic carbocycles. The molecule has 0 bridgehead atoms. The first kappa shape index (κ1) is 21.0. The smallest absolute Gasteiger partial charge is 0.243 e. The van der Waals surface area contributed by atoms with E-state index in [9.17, 15) is 9.59 Å². The zero-order valence-corrected chi connectivity index (χ0v) is 17.6. The van der Waals surface area contributed by atoms with Crippen LogP contribution in [0.5, 0.6) is 0 Å². The van der Waals surface area contributed by atoms with E-state index in [2.05, 4.69) is 34.5 Å². The molecule has 29 heavy (non-hydrogen) atoms. The summed E-state index contributed by atoms with van der Waals surface area (Å²) >= 11 is 0. The Morgan fingerprint density at radius 1 is 1.31 bits per heavy atom. The van der Waals surface area contributed by atoms with Crippen molar-refractivity contribution in [3.05, 3.63) is 47.7 Å². The number of amides is 2. The van der Waals surface area contributed by atoms with Crippen molar-refractivity contribution in [2.24, 2.45) is 0 Å². The van der Waals surface area contributed by atoms with Crippen LogP contribution in [0.3, 0.4) is 0 Å². The van der Waals surface area contributed by atoms with Gasteiger partial charge in [0.25, 0.3) is 0 Å². The van der Waals surface area contributed by atoms with Crippen LogP contribution >= 0.6 is 0 Å². The van der Waals surface area contributed by atoms with Gasteiger partial charge in [-0.25, -0.2) is 4.68 Å². The van der Waals surface area contributed by atoms with Crippen LogP contribution in [0.2, 0.25) is 0 Å². The molecule has 1 atom stereocenters. The number of fused-ring (bicyclic) bond motifs is 1. The molecule has 1 aliphatic heterocycles. The van der Waals surface area contributed by atoms with E-state index in [-0.39, 0.29) is 11.8 Å². The maximum atomic E-state index is 12.8. The molecule has 2 heterocycles. The van der Waals surface area contributed by atoms with Crippen molar-refractivity contribution in [3.63, 3.8) is 0 Å². The van der Waals surface area contributed by atoms with Gasteiger partial charge in [0, 0.05) is 25.6 Å². The van der Waals surface area contributed by atoms with E-state index in [0.29, 0.717) is 25.9 Å². The van der Waals surface area contributed by atoms with Crippen molar-refractivity contribution >= 4 is 17.6 Å². The van der Waals surface area contributed by atoms with Crippen LogP contribution < -0.4 is 10.2 Å². The first-order valence-corrected chi connectivity index (χ1v) is 10.4. The van der Waals surface area contributed by atoms with Crippen LogP contribution in [-0.4, -0.2) is 52.7 Å². The molecule has 0 saturated heterocycles. The Balaban J connectivity index is 1.51. The lowest BCUT2D eigenvalue weighted by atomic mass is 10.1. The molecule has 3 rings (SSSR count). The van der Waals surface area contributed by atoms with Gasteiger partial charge in [0.1, 0.15) is 11.9 Å². The molecular formula is C22H31N5O2. The second-order valence-corrected chi connectivity index (χ2v) is 7.67. The average Bonchev–Trinajstić information content (AvgIpc) is 3.08. The largest absolute Gasteiger partial charge is 0.354 e. The van der Waals surface area contributed by atoms with Crippen molar-refractivity contribution in [1.29, 1.82) is 0 Å². The molecule has 0 fully saturated rings. The van der Waals surface area contributed by atoms with E-state index < -0.39 is 6.04 Å². The monoisotopic (exact) mass is 397 g/mol. The molecule has 1 aromatic carbocycles. The van der Waals surface area contributed by atoms with Crippen LogP contribution in [-0.2, 0) is 22.7 Å². The second-order valence-electron chi connectivity index (χ2n) is 7.67. The minimum atomic E-state index is -0.500. The minimum Gasteiger partial charge on any atom is -0.354 e. The fourth-order valence-electron chi connectivity index (χ4n) is 3.81. The Kier molecular flexibility index (Phi) is 7.04. The topological polar surface area (TPSA) is 70.5 Å². The highest BCUT2D eigenvalue weighted by molar-refractivity contribution is 6.00. The van der Waals surface area contributed by atoms with E-state index in [1.807, 2.05) is 42.8 Å². The predicted octanol–water partition coefficient (Wildman–Crippen LogP) is 2.35. The number of carbonyl (C=O) groups is 2. The van der Waals surface area contributed by atoms with Gasteiger partial charge in [-0.05, 0) is 38.9 Å². The number of nitrogens with zero attached hydrogens (tertiary/aromatic N) is 4. The molecule has 2 aromatic rings. The van der Waals surface area contributed by atoms with E-state index in [4.69, 9.17) is 0 Å². The number of aromatic nitrogens is 2. The number of benzene rings is 1. The van der Waals surface area contributed by atoms with E-state index in [1.54, 1.807) is 4.90 Å². The van der Waals surface area contributed by atoms with Crippen LogP contribution in [0.1, 0.15) is 37.4 Å². The highest BCUT2D eigenvalue weighted by atomic mass is 16.2. The lowest BCUT2D eigenvalue weighted by Crippen LogP contribution is -2.52. The Morgan fingerprint density at radius 2 is 2.07 bits per heavy atom. The summed E-state index contributed by atoms with van der Waals surface area (Å²) in [6, 6.07) is 11.7. The van der Waals surface area contributed by atoms with Gasteiger partial charge in [0.2, 0.25) is 11.8 Å². The molecular weight excluding hydrogens is 366 g/mol. The van der Waals surface area contributed by atoms with Gasteiger partial charge < -0.3 is 10.2 Å². The highest BCUT2D eigenvalue weighted by Gasteiger charge is 2.34. The zero-order valence-electron chi connectivity index (χ0n) is 17.6. The number of carbonyl (C=O) groups excluding carboxylic acids is 2. The quantitative estimate of drug-likeness (QED) is 0.660. The number of rotatable bonds is 9. The van der Waals surface area contributed by atoms with Gasteiger partial charge in [0.15, 0.2) is 0 Å². The second kappa shape index (κ2) is 9.69. The van der Waals surface area contributed by atoms with E-state index in [0.717, 1.165) is 31.0 Å². The summed E-state index contributed by atoms with van der Waals surface area (Å²) in [5.74, 6) is 0.615. The summed E-state index contributed by atoms with van der Waals surface area (Å²) in [6.45, 7) is 6.78. The molecule has 1 aromatic heterocycles. The van der Waals surface area contributed by atoms with Gasteiger partial charge in [-0.2, -0.15) is 5.10 Å². The summed E-state index contributed by atoms with van der Waals surface area (Å²) in [5.41, 5.74) is 2.14. The predicted molar refractivity (Wildman–Crippen MR) is 114 cm³/mol. The molecule has 7 heteroatoms. The third-order valence-corrected chi connectivity index (χ3v) is 5.25. The van der Waals surface area contributed by atoms with Crippen molar-refractivity contribution in [1.82, 2.24) is 20.0 Å². The number of aryl methyl sites for hydroxylation is 2. The van der Waals surface area contributed by atoms with Gasteiger partial charge in [-0.1, -0.05) is 37.3 Å². The zero-order chi connectivity index (χ0) is 20.8. The summed E-state index contributed by atoms with van der Waals surface area (Å²) in [4.78, 5) is 29.3. The van der Waals surface area contributed by atoms with Gasteiger partial charge in [-0.3, -0.25) is 14.5 Å². The summed E-state index contributed by atoms with van der Waals surface area (Å²) in [6.07, 6.45) is 1.80. The van der Waals surface area contributed by atoms with Gasteiger partial charge >= 0.3 is 0 Å². The summed E-state index contributed by atoms with van der Waals surface area (Å²) < 4.78 is 1.82. The van der Waals surface area contributed by atoms with Crippen molar-refractivity contribution in [2.75, 3.05) is 25.0 Å². The van der Waals surface area contributed by atoms with Crippen LogP contribution in [0, 0.1) is 6.92 Å². The van der Waals surface area contributed by atoms with Crippen molar-refractivity contribution < 1.29 is 9.59 Å². The lowest BCUT2D eigenvalue weighted by molar-refractivity contribution is -0.127. The molecule has 156 valence electrons. The number of hydrogen-bond acceptors (Lipinski definition) is 4. The fraction of sp³-hybridized carbons (Fsp3) is 0.500. The number of nitrogens with one attached hydrogen (secondary N) is 1. The van der Waals surface area contributed by atoms with Gasteiger partial charge in [0.05, 0.1) is 12.2 Å². The molecule has 7 nitrogen and oxygen atoms in total. The summed E-state index contributed by atoms with van der Waals surface area (Å²) in [7, 11) is 2.08. The molecule has 0 spiro atoms. The molecule has 1 aliphatic rings. The standard InChI is InChI=1S/C22H31N5O2/c1-4-19(27-20-15-17(2)24-26(20)14-11-21(27)28)22(29)23-12-8-13-25(3)16-18-9-6-5-7-10-18/h5-7,9-10,15,19H,4,8,11-14,16H2,1-3H3,(H,23,29). The Labute approximate surface area is 172 Å². The average molecular weight is 398 g/mol. The maximum Gasteiger partial charge on any atom is 0.243 e. The first-order valence-electron chi connectivity index (χ1n) is 10.4. The van der Waals surface area contributed by atoms with Gasteiger partial charge in [-0.15, -0.1) is 0 Å². The molecule has 0 radical (unpaired) electrons. The van der Waals surface area contributed by atoms with E-state index in [1.165, 1.54) is 5.56 Å². The number of anilines is 1. The SMILES string of the molecule is CCC(C(=O)NCCCN(C)Cc1ccccc1)N1C(=O)CCn2nc(C)cc21. The third kappa shape index (κ3) is 5.23. The first-order chi connectivity index (χ1) is 14.0. The van der Waals surface area contributed by atoms with Crippen LogP contribution in [0.4, 0.5) is 5.82 Å². The Bertz CT molecular complexity index is 833. The Morgan fingerprint density at radius 3 is 2.79 bits per heavy atom. The normalized spacial score (nSPS) is 14.8. The Hall–Kier alpha value is -2.67. The molecule has 0 saturated carbocycles. The maximum absolute atomic E-state index is 12.8. The fourth-order valence-corrected chi connectivity index (χ4v) is 3.81. The summed E-state index contributed by atoms with van der Waals surface area (Å²) in [5, 5.41) is 7.45. The van der Waals surface area contributed by atoms with Crippen LogP contribution in [0.25, 0.3) is 0 Å². The van der Waals surface area contributed by atoms with Crippen LogP contribution in [0.15, 0.2) is 36.4 Å². The minimum absolute atomic E-state index is 0.0120. The lowest BCUT2D eigenvalue weighted by Gasteiger charge is -2.33. The molecule has 2 amide bonds. The highest BCUT2D eigenvalue weighted by Crippen LogP contribution is 2.26. The third-order valence-electron chi connectivity index (χ3n) is 5.25. The number of hydrogen-bond donors (Lipinski definition) is 1. The van der Waals surface area contributed by atoms with Crippen molar-refractivity contribution in [2.45, 2.75) is 52.2 Å². The van der Waals surface area contributed by atoms with E-state index >= 15 is 0 Å². The molecule has 1 unspecified atom stereocenters. The van der Waals surface area contributed by atoms with Crippen molar-refractivity contribution in [3.8, 4) is 0 Å². The molecule has 1 N–H and O–H groups in total.